The predicted octanol–water partition coefficient (Wildman–Crippen LogP) is 5.52. The number of piperidine rings is 1. The fourth-order valence-corrected chi connectivity index (χ4v) is 8.42. The molecule has 1 saturated heterocycles. The standard InChI is InChI=1S/C35H35F3N2O4/c1-39(30(41)14-13-24-9-5-11-26(21-24)44-35(36,37)38)27-15-17-34(42)29-22-25-10-6-12-28-31(25)33(34,32(27)43-28)18-20-40(29)19-16-23-7-3-2-4-8-23/h2-14,21,27,29,32,42H,15-20,22H2,1H3/t27-,29+,32-,33-,34+/m0/s1. The number of hydrogen-bond donors (Lipinski definition) is 1. The van der Waals surface area contributed by atoms with Crippen molar-refractivity contribution in [2.45, 2.75) is 67.7 Å². The van der Waals surface area contributed by atoms with Crippen LogP contribution in [-0.4, -0.2) is 71.1 Å². The Labute approximate surface area is 254 Å². The summed E-state index contributed by atoms with van der Waals surface area (Å²) in [6, 6.07) is 21.7. The SMILES string of the molecule is CN(C(=O)C=Cc1cccc(OC(F)(F)F)c1)[C@H]1CC[C@@]2(O)[C@H]3Cc4cccc5c4[C@@]2(CCN3CCc2ccccc2)[C@H]1O5. The van der Waals surface area contributed by atoms with Crippen molar-refractivity contribution in [3.05, 3.63) is 101 Å². The smallest absolute Gasteiger partial charge is 0.487 e. The highest BCUT2D eigenvalue weighted by Crippen LogP contribution is 2.64. The van der Waals surface area contributed by atoms with E-state index in [1.807, 2.05) is 18.2 Å². The van der Waals surface area contributed by atoms with Gasteiger partial charge in [-0.25, -0.2) is 0 Å². The van der Waals surface area contributed by atoms with Crippen LogP contribution in [0.5, 0.6) is 11.5 Å². The van der Waals surface area contributed by atoms with E-state index < -0.39 is 23.5 Å². The van der Waals surface area contributed by atoms with Crippen molar-refractivity contribution >= 4 is 12.0 Å². The number of carbonyl (C=O) groups excluding carboxylic acids is 1. The number of aliphatic hydroxyl groups is 1. The van der Waals surface area contributed by atoms with Crippen LogP contribution in [0.15, 0.2) is 78.9 Å². The quantitative estimate of drug-likeness (QED) is 0.360. The zero-order valence-corrected chi connectivity index (χ0v) is 24.5. The molecule has 5 atom stereocenters. The van der Waals surface area contributed by atoms with Gasteiger partial charge < -0.3 is 19.5 Å². The van der Waals surface area contributed by atoms with E-state index >= 15 is 0 Å². The maximum absolute atomic E-state index is 13.5. The van der Waals surface area contributed by atoms with Crippen molar-refractivity contribution in [3.8, 4) is 11.5 Å². The first-order valence-corrected chi connectivity index (χ1v) is 15.2. The van der Waals surface area contributed by atoms with E-state index in [4.69, 9.17) is 4.74 Å². The molecule has 2 aliphatic heterocycles. The first-order chi connectivity index (χ1) is 21.1. The molecule has 2 fully saturated rings. The third-order valence-electron chi connectivity index (χ3n) is 10.3. The van der Waals surface area contributed by atoms with Crippen LogP contribution in [0.4, 0.5) is 13.2 Å². The second-order valence-corrected chi connectivity index (χ2v) is 12.5. The molecule has 3 aromatic carbocycles. The van der Waals surface area contributed by atoms with Gasteiger partial charge in [-0.3, -0.25) is 9.69 Å². The van der Waals surface area contributed by atoms with Gasteiger partial charge in [0.2, 0.25) is 5.91 Å². The first kappa shape index (κ1) is 28.9. The lowest BCUT2D eigenvalue weighted by Crippen LogP contribution is -2.78. The number of benzene rings is 3. The van der Waals surface area contributed by atoms with E-state index in [1.165, 1.54) is 41.5 Å². The van der Waals surface area contributed by atoms with E-state index in [-0.39, 0.29) is 23.7 Å². The number of likely N-dealkylation sites (tertiary alicyclic amines) is 1. The van der Waals surface area contributed by atoms with Gasteiger partial charge in [-0.1, -0.05) is 54.6 Å². The third kappa shape index (κ3) is 4.68. The normalized spacial score (nSPS) is 28.8. The Hall–Kier alpha value is -3.82. The summed E-state index contributed by atoms with van der Waals surface area (Å²) < 4.78 is 48.7. The summed E-state index contributed by atoms with van der Waals surface area (Å²) in [6.45, 7) is 1.68. The summed E-state index contributed by atoms with van der Waals surface area (Å²) in [6.07, 6.45) is 1.15. The Bertz CT molecular complexity index is 1590. The van der Waals surface area contributed by atoms with Crippen LogP contribution in [0.3, 0.4) is 0 Å². The van der Waals surface area contributed by atoms with Crippen LogP contribution in [0.2, 0.25) is 0 Å². The van der Waals surface area contributed by atoms with Gasteiger partial charge in [-0.15, -0.1) is 13.2 Å². The lowest BCUT2D eigenvalue weighted by molar-refractivity contribution is -0.274. The summed E-state index contributed by atoms with van der Waals surface area (Å²) in [7, 11) is 1.74. The number of halogens is 3. The average Bonchev–Trinajstić information content (AvgIpc) is 3.34. The van der Waals surface area contributed by atoms with Gasteiger partial charge in [0.1, 0.15) is 17.6 Å². The maximum atomic E-state index is 13.5. The lowest BCUT2D eigenvalue weighted by Gasteiger charge is -2.64. The summed E-state index contributed by atoms with van der Waals surface area (Å²) in [4.78, 5) is 17.6. The Morgan fingerprint density at radius 2 is 1.91 bits per heavy atom. The summed E-state index contributed by atoms with van der Waals surface area (Å²) in [5, 5.41) is 12.7. The zero-order valence-electron chi connectivity index (χ0n) is 24.5. The van der Waals surface area contributed by atoms with Gasteiger partial charge >= 0.3 is 6.36 Å². The fraction of sp³-hybridized carbons (Fsp3) is 0.400. The van der Waals surface area contributed by atoms with E-state index in [0.717, 1.165) is 43.7 Å². The molecular formula is C35H35F3N2O4. The number of likely N-dealkylation sites (N-methyl/N-ethyl adjacent to an activating group) is 1. The Morgan fingerprint density at radius 3 is 2.70 bits per heavy atom. The number of ether oxygens (including phenoxy) is 2. The van der Waals surface area contributed by atoms with Crippen LogP contribution in [0.1, 0.15) is 41.5 Å². The topological polar surface area (TPSA) is 62.2 Å². The number of carbonyl (C=O) groups is 1. The molecule has 1 N–H and O–H groups in total. The minimum atomic E-state index is -4.80. The van der Waals surface area contributed by atoms with Crippen molar-refractivity contribution in [2.75, 3.05) is 20.1 Å². The van der Waals surface area contributed by atoms with Crippen molar-refractivity contribution in [2.24, 2.45) is 0 Å². The molecule has 2 bridgehead atoms. The average molecular weight is 605 g/mol. The molecule has 9 heteroatoms. The van der Waals surface area contributed by atoms with Crippen molar-refractivity contribution in [1.82, 2.24) is 9.80 Å². The predicted molar refractivity (Wildman–Crippen MR) is 159 cm³/mol. The Kier molecular flexibility index (Phi) is 7.01. The monoisotopic (exact) mass is 604 g/mol. The van der Waals surface area contributed by atoms with Crippen LogP contribution >= 0.6 is 0 Å². The van der Waals surface area contributed by atoms with Crippen molar-refractivity contribution < 1.29 is 32.5 Å². The van der Waals surface area contributed by atoms with Crippen LogP contribution in [0.25, 0.3) is 6.08 Å². The van der Waals surface area contributed by atoms with Crippen LogP contribution in [0, 0.1) is 0 Å². The molecule has 2 heterocycles. The van der Waals surface area contributed by atoms with Gasteiger partial charge in [0.25, 0.3) is 0 Å². The second-order valence-electron chi connectivity index (χ2n) is 12.5. The summed E-state index contributed by atoms with van der Waals surface area (Å²) in [5.74, 6) is 0.166. The number of nitrogens with zero attached hydrogens (tertiary/aromatic N) is 2. The fourth-order valence-electron chi connectivity index (χ4n) is 8.42. The number of amides is 1. The van der Waals surface area contributed by atoms with Crippen molar-refractivity contribution in [1.29, 1.82) is 0 Å². The van der Waals surface area contributed by atoms with E-state index in [9.17, 15) is 23.1 Å². The zero-order chi connectivity index (χ0) is 30.7. The van der Waals surface area contributed by atoms with E-state index in [2.05, 4.69) is 40.0 Å². The van der Waals surface area contributed by atoms with Gasteiger partial charge in [-0.05, 0) is 79.6 Å². The van der Waals surface area contributed by atoms with Gasteiger partial charge in [0.15, 0.2) is 0 Å². The molecule has 230 valence electrons. The third-order valence-corrected chi connectivity index (χ3v) is 10.3. The minimum Gasteiger partial charge on any atom is -0.487 e. The van der Waals surface area contributed by atoms with E-state index in [1.54, 1.807) is 18.0 Å². The molecule has 1 saturated carbocycles. The van der Waals surface area contributed by atoms with Gasteiger partial charge in [0, 0.05) is 31.3 Å². The summed E-state index contributed by atoms with van der Waals surface area (Å²) >= 11 is 0. The molecule has 6 nitrogen and oxygen atoms in total. The molecule has 0 unspecified atom stereocenters. The number of rotatable bonds is 7. The van der Waals surface area contributed by atoms with Crippen LogP contribution in [-0.2, 0) is 23.1 Å². The van der Waals surface area contributed by atoms with Gasteiger partial charge in [-0.2, -0.15) is 0 Å². The molecule has 0 radical (unpaired) electrons. The maximum Gasteiger partial charge on any atom is 0.573 e. The largest absolute Gasteiger partial charge is 0.573 e. The minimum absolute atomic E-state index is 0.0556. The highest BCUT2D eigenvalue weighted by molar-refractivity contribution is 5.92. The molecule has 0 aromatic heterocycles. The molecule has 4 aliphatic rings. The van der Waals surface area contributed by atoms with Crippen molar-refractivity contribution in [3.63, 3.8) is 0 Å². The first-order valence-electron chi connectivity index (χ1n) is 15.2. The molecule has 3 aromatic rings. The second kappa shape index (κ2) is 10.7. The highest BCUT2D eigenvalue weighted by Gasteiger charge is 2.72. The Balaban J connectivity index is 1.14. The molecule has 1 amide bonds. The highest BCUT2D eigenvalue weighted by atomic mass is 19.4. The molecule has 2 aliphatic carbocycles. The Morgan fingerprint density at radius 1 is 1.11 bits per heavy atom. The van der Waals surface area contributed by atoms with E-state index in [0.29, 0.717) is 18.4 Å². The lowest BCUT2D eigenvalue weighted by atomic mass is 9.48. The summed E-state index contributed by atoms with van der Waals surface area (Å²) in [5.41, 5.74) is 2.37. The molecule has 44 heavy (non-hydrogen) atoms. The molecule has 1 spiro atoms. The molecule has 7 rings (SSSR count). The van der Waals surface area contributed by atoms with Crippen LogP contribution < -0.4 is 9.47 Å². The van der Waals surface area contributed by atoms with Gasteiger partial charge in [0.05, 0.1) is 17.1 Å². The molecular weight excluding hydrogens is 569 g/mol. The number of hydrogen-bond acceptors (Lipinski definition) is 5. The number of alkyl halides is 3.